The highest BCUT2D eigenvalue weighted by Crippen LogP contribution is 2.43. The quantitative estimate of drug-likeness (QED) is 0.749. The van der Waals surface area contributed by atoms with E-state index in [1.165, 1.54) is 12.4 Å². The van der Waals surface area contributed by atoms with Gasteiger partial charge in [0.05, 0.1) is 10.9 Å². The first kappa shape index (κ1) is 18.6. The number of rotatable bonds is 3. The van der Waals surface area contributed by atoms with Crippen LogP contribution in [0.4, 0.5) is 5.82 Å². The van der Waals surface area contributed by atoms with Crippen LogP contribution < -0.4 is 16.1 Å². The molecule has 3 N–H and O–H groups in total. The molecule has 0 bridgehead atoms. The van der Waals surface area contributed by atoms with E-state index in [0.717, 1.165) is 25.9 Å². The predicted octanol–water partition coefficient (Wildman–Crippen LogP) is 2.67. The topological polar surface area (TPSA) is 101 Å². The van der Waals surface area contributed by atoms with Gasteiger partial charge in [0.15, 0.2) is 0 Å². The smallest absolute Gasteiger partial charge is 0.341 e. The van der Waals surface area contributed by atoms with Gasteiger partial charge >= 0.3 is 5.97 Å². The van der Waals surface area contributed by atoms with Crippen LogP contribution in [0.15, 0.2) is 29.3 Å². The molecule has 4 atom stereocenters. The van der Waals surface area contributed by atoms with Gasteiger partial charge in [0, 0.05) is 43.5 Å². The highest BCUT2D eigenvalue weighted by Gasteiger charge is 2.41. The molecule has 29 heavy (non-hydrogen) atoms. The minimum atomic E-state index is -1.23. The molecule has 2 aliphatic carbocycles. The number of carboxylic acid groups (broad SMARTS) is 1. The molecule has 0 radical (unpaired) electrons. The minimum absolute atomic E-state index is 0.0169. The summed E-state index contributed by atoms with van der Waals surface area (Å²) in [5.41, 5.74) is 6.12. The number of hydrogen-bond donors (Lipinski definition) is 2. The van der Waals surface area contributed by atoms with E-state index in [2.05, 4.69) is 29.0 Å². The van der Waals surface area contributed by atoms with Gasteiger partial charge in [-0.25, -0.2) is 9.78 Å². The van der Waals surface area contributed by atoms with Gasteiger partial charge < -0.3 is 20.3 Å². The Kier molecular flexibility index (Phi) is 4.22. The van der Waals surface area contributed by atoms with Gasteiger partial charge in [-0.1, -0.05) is 30.7 Å². The summed E-state index contributed by atoms with van der Waals surface area (Å²) in [6.45, 7) is 3.78. The summed E-state index contributed by atoms with van der Waals surface area (Å²) in [6, 6.07) is 0.186. The lowest BCUT2D eigenvalue weighted by Gasteiger charge is -2.30. The third-order valence-electron chi connectivity index (χ3n) is 6.68. The molecule has 1 saturated carbocycles. The number of anilines is 1. The van der Waals surface area contributed by atoms with E-state index in [1.54, 1.807) is 0 Å². The summed E-state index contributed by atoms with van der Waals surface area (Å²) in [6.07, 6.45) is 9.07. The second-order valence-electron chi connectivity index (χ2n) is 8.53. The first-order chi connectivity index (χ1) is 13.9. The second-order valence-corrected chi connectivity index (χ2v) is 8.91. The van der Waals surface area contributed by atoms with E-state index >= 15 is 0 Å². The number of carboxylic acids is 1. The first-order valence-electron chi connectivity index (χ1n) is 10.0. The fourth-order valence-corrected chi connectivity index (χ4v) is 5.25. The number of halogens is 1. The molecule has 0 spiro atoms. The van der Waals surface area contributed by atoms with Crippen molar-refractivity contribution in [3.05, 3.63) is 45.4 Å². The summed E-state index contributed by atoms with van der Waals surface area (Å²) in [4.78, 5) is 30.9. The number of aromatic nitrogens is 2. The number of fused-ring (bicyclic) bond motifs is 2. The van der Waals surface area contributed by atoms with Crippen molar-refractivity contribution in [3.63, 3.8) is 0 Å². The van der Waals surface area contributed by atoms with Crippen LogP contribution >= 0.6 is 11.6 Å². The van der Waals surface area contributed by atoms with Crippen molar-refractivity contribution in [1.29, 1.82) is 0 Å². The molecule has 3 aliphatic rings. The van der Waals surface area contributed by atoms with Crippen molar-refractivity contribution in [3.8, 4) is 0 Å². The Labute approximate surface area is 172 Å². The second kappa shape index (κ2) is 6.57. The van der Waals surface area contributed by atoms with Gasteiger partial charge in [-0.2, -0.15) is 0 Å². The summed E-state index contributed by atoms with van der Waals surface area (Å²) in [5.74, 6) is 0.620. The number of nitrogens with two attached hydrogens (primary N) is 1. The molecule has 2 aromatic rings. The lowest BCUT2D eigenvalue weighted by molar-refractivity contribution is 0.0695. The maximum absolute atomic E-state index is 12.7. The zero-order valence-electron chi connectivity index (χ0n) is 16.1. The van der Waals surface area contributed by atoms with Crippen molar-refractivity contribution >= 4 is 34.3 Å². The van der Waals surface area contributed by atoms with E-state index in [9.17, 15) is 14.7 Å². The van der Waals surface area contributed by atoms with Gasteiger partial charge in [-0.3, -0.25) is 4.79 Å². The normalized spacial score (nSPS) is 28.7. The molecule has 5 rings (SSSR count). The third kappa shape index (κ3) is 2.87. The fraction of sp³-hybridized carbons (Fsp3) is 0.476. The minimum Gasteiger partial charge on any atom is -0.477 e. The first-order valence-corrected chi connectivity index (χ1v) is 10.4. The zero-order valence-corrected chi connectivity index (χ0v) is 16.8. The standard InChI is InChI=1S/C21H23ClN4O3/c1-10-2-5-16(23)14-8-25(7-13(10)14)20-17(22)18-12(6-24-20)19(27)15(21(28)29)9-26(18)11-3-4-11/h2,5-6,9-11,13-14,16H,3-4,7-8,23H2,1H3,(H,28,29)/t10-,13-,14-,16+/m0/s1. The molecule has 2 fully saturated rings. The van der Waals surface area contributed by atoms with Gasteiger partial charge in [0.25, 0.3) is 0 Å². The van der Waals surface area contributed by atoms with Crippen LogP contribution in [0.25, 0.3) is 10.9 Å². The zero-order chi connectivity index (χ0) is 20.4. The van der Waals surface area contributed by atoms with E-state index in [-0.39, 0.29) is 23.0 Å². The van der Waals surface area contributed by atoms with E-state index in [4.69, 9.17) is 17.3 Å². The number of carbonyl (C=O) groups is 1. The van der Waals surface area contributed by atoms with Crippen LogP contribution in [0.5, 0.6) is 0 Å². The third-order valence-corrected chi connectivity index (χ3v) is 7.03. The molecular formula is C21H23ClN4O3. The average Bonchev–Trinajstić information content (AvgIpc) is 3.43. The Morgan fingerprint density at radius 1 is 1.28 bits per heavy atom. The lowest BCUT2D eigenvalue weighted by Crippen LogP contribution is -2.38. The lowest BCUT2D eigenvalue weighted by atomic mass is 9.77. The molecular weight excluding hydrogens is 392 g/mol. The Hall–Kier alpha value is -2.38. The highest BCUT2D eigenvalue weighted by atomic mass is 35.5. The van der Waals surface area contributed by atoms with Gasteiger partial charge in [0.1, 0.15) is 16.4 Å². The Balaban J connectivity index is 1.63. The number of aromatic carboxylic acids is 1. The predicted molar refractivity (Wildman–Crippen MR) is 112 cm³/mol. The van der Waals surface area contributed by atoms with Crippen molar-refractivity contribution in [1.82, 2.24) is 9.55 Å². The number of pyridine rings is 2. The van der Waals surface area contributed by atoms with E-state index in [1.807, 2.05) is 4.57 Å². The van der Waals surface area contributed by atoms with Crippen LogP contribution in [0.2, 0.25) is 5.02 Å². The molecule has 0 unspecified atom stereocenters. The van der Waals surface area contributed by atoms with E-state index < -0.39 is 11.4 Å². The number of nitrogens with zero attached hydrogens (tertiary/aromatic N) is 3. The molecule has 0 amide bonds. The van der Waals surface area contributed by atoms with Crippen molar-refractivity contribution in [2.45, 2.75) is 31.8 Å². The summed E-state index contributed by atoms with van der Waals surface area (Å²) in [7, 11) is 0. The number of allylic oxidation sites excluding steroid dienone is 1. The molecule has 152 valence electrons. The van der Waals surface area contributed by atoms with Crippen LogP contribution in [0, 0.1) is 17.8 Å². The molecule has 1 aliphatic heterocycles. The molecule has 8 heteroatoms. The van der Waals surface area contributed by atoms with Gasteiger partial charge in [-0.15, -0.1) is 0 Å². The molecule has 0 aromatic carbocycles. The van der Waals surface area contributed by atoms with Gasteiger partial charge in [-0.05, 0) is 24.7 Å². The SMILES string of the molecule is C[C@H]1C=C[C@@H](N)[C@H]2CN(c3ncc4c(=O)c(C(=O)O)cn(C5CC5)c4c3Cl)C[C@H]21. The van der Waals surface area contributed by atoms with Crippen LogP contribution in [-0.4, -0.2) is 39.8 Å². The fourth-order valence-electron chi connectivity index (χ4n) is 4.89. The summed E-state index contributed by atoms with van der Waals surface area (Å²) < 4.78 is 1.85. The Morgan fingerprint density at radius 3 is 2.66 bits per heavy atom. The highest BCUT2D eigenvalue weighted by molar-refractivity contribution is 6.37. The van der Waals surface area contributed by atoms with Gasteiger partial charge in [0.2, 0.25) is 5.43 Å². The van der Waals surface area contributed by atoms with Crippen molar-refractivity contribution in [2.24, 2.45) is 23.5 Å². The van der Waals surface area contributed by atoms with Crippen molar-refractivity contribution in [2.75, 3.05) is 18.0 Å². The van der Waals surface area contributed by atoms with E-state index in [0.29, 0.717) is 34.1 Å². The van der Waals surface area contributed by atoms with Crippen LogP contribution in [0.1, 0.15) is 36.2 Å². The maximum Gasteiger partial charge on any atom is 0.341 e. The summed E-state index contributed by atoms with van der Waals surface area (Å²) >= 11 is 6.81. The maximum atomic E-state index is 12.7. The van der Waals surface area contributed by atoms with Crippen LogP contribution in [-0.2, 0) is 0 Å². The van der Waals surface area contributed by atoms with Crippen molar-refractivity contribution < 1.29 is 9.90 Å². The Bertz CT molecular complexity index is 1090. The largest absolute Gasteiger partial charge is 0.477 e. The van der Waals surface area contributed by atoms with Crippen LogP contribution in [0.3, 0.4) is 0 Å². The Morgan fingerprint density at radius 2 is 2.00 bits per heavy atom. The molecule has 7 nitrogen and oxygen atoms in total. The number of hydrogen-bond acceptors (Lipinski definition) is 5. The monoisotopic (exact) mass is 414 g/mol. The molecule has 3 heterocycles. The summed E-state index contributed by atoms with van der Waals surface area (Å²) in [5, 5.41) is 10.1. The molecule has 2 aromatic heterocycles. The molecule has 1 saturated heterocycles. The average molecular weight is 415 g/mol.